The Bertz CT molecular complexity index is 1410. The van der Waals surface area contributed by atoms with Crippen LogP contribution in [0.1, 0.15) is 51.3 Å². The Balaban J connectivity index is 1.64. The van der Waals surface area contributed by atoms with E-state index in [0.29, 0.717) is 17.7 Å². The summed E-state index contributed by atoms with van der Waals surface area (Å²) in [6, 6.07) is 19.9. The van der Waals surface area contributed by atoms with Gasteiger partial charge in [-0.15, -0.1) is 0 Å². The van der Waals surface area contributed by atoms with E-state index in [9.17, 15) is 25.5 Å². The number of rotatable bonds is 2. The van der Waals surface area contributed by atoms with Gasteiger partial charge >= 0.3 is 0 Å². The molecule has 1 aliphatic heterocycles. The predicted octanol–water partition coefficient (Wildman–Crippen LogP) is 5.17. The summed E-state index contributed by atoms with van der Waals surface area (Å²) in [6.45, 7) is 0. The van der Waals surface area contributed by atoms with Crippen LogP contribution in [-0.4, -0.2) is 25.5 Å². The molecule has 0 radical (unpaired) electrons. The SMILES string of the molecule is Oc1ccc(C2Cc3cc(O)cc4c3C(c3cc(O)cc(O)c32)C(c2ccc(O)cc2)O4)cc1. The highest BCUT2D eigenvalue weighted by Gasteiger charge is 2.44. The average molecular weight is 454 g/mol. The highest BCUT2D eigenvalue weighted by molar-refractivity contribution is 5.64. The number of aromatic hydroxyl groups is 5. The topological polar surface area (TPSA) is 110 Å². The zero-order valence-corrected chi connectivity index (χ0v) is 18.0. The third-order valence-electron chi connectivity index (χ3n) is 6.88. The van der Waals surface area contributed by atoms with Gasteiger partial charge in [-0.3, -0.25) is 0 Å². The molecule has 6 heteroatoms. The standard InChI is InChI=1S/C28H22O6/c29-17-5-1-14(2-6-17)21-10-16-9-19(31)13-24-25(16)27(22-11-20(32)12-23(33)26(21)22)28(34-24)15-3-7-18(30)8-4-15/h1-9,11-13,21,27-33H,10H2. The van der Waals surface area contributed by atoms with E-state index in [-0.39, 0.29) is 40.6 Å². The zero-order chi connectivity index (χ0) is 23.6. The van der Waals surface area contributed by atoms with Crippen LogP contribution in [0.15, 0.2) is 72.8 Å². The molecule has 0 spiro atoms. The quantitative estimate of drug-likeness (QED) is 0.286. The van der Waals surface area contributed by atoms with Crippen LogP contribution in [0.3, 0.4) is 0 Å². The Labute approximate surface area is 195 Å². The Morgan fingerprint density at radius 2 is 1.24 bits per heavy atom. The zero-order valence-electron chi connectivity index (χ0n) is 18.0. The van der Waals surface area contributed by atoms with Gasteiger partial charge in [-0.25, -0.2) is 0 Å². The van der Waals surface area contributed by atoms with Crippen molar-refractivity contribution in [2.75, 3.05) is 0 Å². The van der Waals surface area contributed by atoms with Crippen molar-refractivity contribution in [2.24, 2.45) is 0 Å². The van der Waals surface area contributed by atoms with Gasteiger partial charge in [-0.2, -0.15) is 0 Å². The van der Waals surface area contributed by atoms with Gasteiger partial charge in [0.2, 0.25) is 0 Å². The highest BCUT2D eigenvalue weighted by atomic mass is 16.5. The third kappa shape index (κ3) is 3.10. The molecular formula is C28H22O6. The summed E-state index contributed by atoms with van der Waals surface area (Å²) in [7, 11) is 0. The number of ether oxygens (including phenoxy) is 1. The molecule has 3 atom stereocenters. The van der Waals surface area contributed by atoms with Crippen molar-refractivity contribution in [3.05, 3.63) is 106 Å². The monoisotopic (exact) mass is 454 g/mol. The molecule has 0 amide bonds. The van der Waals surface area contributed by atoms with E-state index in [0.717, 1.165) is 27.8 Å². The highest BCUT2D eigenvalue weighted by Crippen LogP contribution is 2.58. The lowest BCUT2D eigenvalue weighted by Gasteiger charge is -2.25. The fourth-order valence-electron chi connectivity index (χ4n) is 5.48. The van der Waals surface area contributed by atoms with Gasteiger partial charge in [0.25, 0.3) is 0 Å². The molecule has 4 aromatic carbocycles. The minimum Gasteiger partial charge on any atom is -0.508 e. The Kier molecular flexibility index (Phi) is 4.39. The molecule has 1 heterocycles. The number of hydrogen-bond donors (Lipinski definition) is 5. The van der Waals surface area contributed by atoms with E-state index < -0.39 is 6.10 Å². The first-order valence-electron chi connectivity index (χ1n) is 11.0. The second-order valence-electron chi connectivity index (χ2n) is 8.94. The lowest BCUT2D eigenvalue weighted by Crippen LogP contribution is -2.13. The largest absolute Gasteiger partial charge is 0.508 e. The van der Waals surface area contributed by atoms with E-state index in [2.05, 4.69) is 0 Å². The molecule has 0 saturated heterocycles. The van der Waals surface area contributed by atoms with Crippen LogP contribution in [0.25, 0.3) is 0 Å². The number of phenols is 5. The van der Waals surface area contributed by atoms with Gasteiger partial charge in [-0.05, 0) is 65.1 Å². The molecule has 5 N–H and O–H groups in total. The van der Waals surface area contributed by atoms with E-state index in [1.54, 1.807) is 54.6 Å². The molecule has 2 aliphatic rings. The fraction of sp³-hybridized carbons (Fsp3) is 0.143. The summed E-state index contributed by atoms with van der Waals surface area (Å²) < 4.78 is 6.35. The molecule has 3 unspecified atom stereocenters. The molecular weight excluding hydrogens is 432 g/mol. The van der Waals surface area contributed by atoms with E-state index in [4.69, 9.17) is 4.74 Å². The minimum atomic E-state index is -0.491. The summed E-state index contributed by atoms with van der Waals surface area (Å²) in [4.78, 5) is 0. The maximum Gasteiger partial charge on any atom is 0.135 e. The van der Waals surface area contributed by atoms with E-state index >= 15 is 0 Å². The second-order valence-corrected chi connectivity index (χ2v) is 8.94. The summed E-state index contributed by atoms with van der Waals surface area (Å²) in [5.74, 6) is 0.205. The predicted molar refractivity (Wildman–Crippen MR) is 125 cm³/mol. The normalized spacial score (nSPS) is 20.2. The fourth-order valence-corrected chi connectivity index (χ4v) is 5.48. The van der Waals surface area contributed by atoms with Gasteiger partial charge in [-0.1, -0.05) is 24.3 Å². The molecule has 6 nitrogen and oxygen atoms in total. The number of benzene rings is 4. The van der Waals surface area contributed by atoms with Crippen molar-refractivity contribution in [1.82, 2.24) is 0 Å². The summed E-state index contributed by atoms with van der Waals surface area (Å²) in [6.07, 6.45) is -0.00990. The molecule has 0 fully saturated rings. The summed E-state index contributed by atoms with van der Waals surface area (Å²) >= 11 is 0. The minimum absolute atomic E-state index is 0.0250. The molecule has 0 aromatic heterocycles. The molecule has 0 saturated carbocycles. The molecule has 6 rings (SSSR count). The molecule has 170 valence electrons. The van der Waals surface area contributed by atoms with Gasteiger partial charge in [0.1, 0.15) is 40.6 Å². The number of hydrogen-bond acceptors (Lipinski definition) is 6. The van der Waals surface area contributed by atoms with Crippen LogP contribution in [0, 0.1) is 0 Å². The maximum atomic E-state index is 11.1. The first-order valence-corrected chi connectivity index (χ1v) is 11.0. The van der Waals surface area contributed by atoms with Crippen LogP contribution in [-0.2, 0) is 6.42 Å². The van der Waals surface area contributed by atoms with Gasteiger partial charge in [0, 0.05) is 29.2 Å². The maximum absolute atomic E-state index is 11.1. The lowest BCUT2D eigenvalue weighted by atomic mass is 9.80. The van der Waals surface area contributed by atoms with Crippen LogP contribution >= 0.6 is 0 Å². The van der Waals surface area contributed by atoms with Gasteiger partial charge in [0.05, 0.1) is 5.92 Å². The Morgan fingerprint density at radius 3 is 1.91 bits per heavy atom. The van der Waals surface area contributed by atoms with E-state index in [1.807, 2.05) is 12.1 Å². The summed E-state index contributed by atoms with van der Waals surface area (Å²) in [5, 5.41) is 51.6. The smallest absolute Gasteiger partial charge is 0.135 e. The van der Waals surface area contributed by atoms with Gasteiger partial charge in [0.15, 0.2) is 0 Å². The Morgan fingerprint density at radius 1 is 0.618 bits per heavy atom. The van der Waals surface area contributed by atoms with E-state index in [1.165, 1.54) is 6.07 Å². The van der Waals surface area contributed by atoms with Crippen molar-refractivity contribution < 1.29 is 30.3 Å². The first kappa shape index (κ1) is 20.3. The first-order chi connectivity index (χ1) is 16.4. The van der Waals surface area contributed by atoms with Crippen molar-refractivity contribution in [1.29, 1.82) is 0 Å². The summed E-state index contributed by atoms with van der Waals surface area (Å²) in [5.41, 5.74) is 4.90. The van der Waals surface area contributed by atoms with Crippen LogP contribution in [0.2, 0.25) is 0 Å². The van der Waals surface area contributed by atoms with Crippen molar-refractivity contribution in [3.8, 4) is 34.5 Å². The van der Waals surface area contributed by atoms with Crippen LogP contribution < -0.4 is 4.74 Å². The number of fused-ring (bicyclic) bond motifs is 2. The van der Waals surface area contributed by atoms with Gasteiger partial charge < -0.3 is 30.3 Å². The third-order valence-corrected chi connectivity index (χ3v) is 6.88. The molecule has 34 heavy (non-hydrogen) atoms. The Hall–Kier alpha value is -4.32. The van der Waals surface area contributed by atoms with Crippen LogP contribution in [0.5, 0.6) is 34.5 Å². The van der Waals surface area contributed by atoms with Crippen molar-refractivity contribution in [3.63, 3.8) is 0 Å². The number of phenolic OH excluding ortho intramolecular Hbond substituents is 5. The molecule has 0 bridgehead atoms. The molecule has 1 aliphatic carbocycles. The van der Waals surface area contributed by atoms with Crippen molar-refractivity contribution >= 4 is 0 Å². The second kappa shape index (κ2) is 7.35. The van der Waals surface area contributed by atoms with Crippen LogP contribution in [0.4, 0.5) is 0 Å². The average Bonchev–Trinajstić information content (AvgIpc) is 3.10. The van der Waals surface area contributed by atoms with Crippen molar-refractivity contribution in [2.45, 2.75) is 24.4 Å². The molecule has 4 aromatic rings. The lowest BCUT2D eigenvalue weighted by molar-refractivity contribution is 0.221.